The normalized spacial score (nSPS) is 17.6. The van der Waals surface area contributed by atoms with Crippen molar-refractivity contribution >= 4 is 24.2 Å². The Morgan fingerprint density at radius 1 is 1.43 bits per heavy atom. The van der Waals surface area contributed by atoms with Crippen molar-refractivity contribution in [2.45, 2.75) is 65.0 Å². The number of nitrogens with two attached hydrogens (primary N) is 1. The first-order valence-corrected chi connectivity index (χ1v) is 7.81. The first kappa shape index (κ1) is 20.2. The topological polar surface area (TPSA) is 75.4 Å². The molecular weight excluding hydrogens is 290 g/mol. The maximum Gasteiger partial charge on any atom is 0.243 e. The zero-order chi connectivity index (χ0) is 15.1. The van der Waals surface area contributed by atoms with Gasteiger partial charge in [0.2, 0.25) is 11.8 Å². The Morgan fingerprint density at radius 3 is 2.52 bits per heavy atom. The van der Waals surface area contributed by atoms with Crippen molar-refractivity contribution < 1.29 is 9.59 Å². The molecule has 0 bridgehead atoms. The van der Waals surface area contributed by atoms with Gasteiger partial charge < -0.3 is 16.0 Å². The van der Waals surface area contributed by atoms with E-state index in [2.05, 4.69) is 12.2 Å². The molecule has 1 aliphatic rings. The van der Waals surface area contributed by atoms with Crippen LogP contribution in [0.25, 0.3) is 0 Å². The molecule has 2 atom stereocenters. The molecule has 3 N–H and O–H groups in total. The fraction of sp³-hybridized carbons (Fsp3) is 0.867. The largest absolute Gasteiger partial charge is 0.350 e. The molecule has 2 amide bonds. The minimum Gasteiger partial charge on any atom is -0.350 e. The Labute approximate surface area is 134 Å². The van der Waals surface area contributed by atoms with Crippen molar-refractivity contribution in [3.63, 3.8) is 0 Å². The monoisotopic (exact) mass is 319 g/mol. The van der Waals surface area contributed by atoms with Crippen LogP contribution in [-0.4, -0.2) is 41.9 Å². The highest BCUT2D eigenvalue weighted by Gasteiger charge is 2.35. The second-order valence-electron chi connectivity index (χ2n) is 5.96. The average Bonchev–Trinajstić information content (AvgIpc) is 2.80. The predicted molar refractivity (Wildman–Crippen MR) is 87.3 cm³/mol. The van der Waals surface area contributed by atoms with Crippen LogP contribution in [0.15, 0.2) is 0 Å². The van der Waals surface area contributed by atoms with Crippen LogP contribution in [0.2, 0.25) is 0 Å². The highest BCUT2D eigenvalue weighted by Crippen LogP contribution is 2.19. The maximum atomic E-state index is 12.5. The van der Waals surface area contributed by atoms with Gasteiger partial charge in [0.15, 0.2) is 0 Å². The van der Waals surface area contributed by atoms with Gasteiger partial charge in [-0.2, -0.15) is 0 Å². The van der Waals surface area contributed by atoms with Gasteiger partial charge in [0.05, 0.1) is 0 Å². The average molecular weight is 320 g/mol. The van der Waals surface area contributed by atoms with Gasteiger partial charge in [0.25, 0.3) is 0 Å². The van der Waals surface area contributed by atoms with E-state index in [0.29, 0.717) is 19.5 Å². The molecule has 6 heteroatoms. The third kappa shape index (κ3) is 5.83. The second kappa shape index (κ2) is 10.0. The summed E-state index contributed by atoms with van der Waals surface area (Å²) in [6.45, 7) is 7.23. The van der Waals surface area contributed by atoms with Gasteiger partial charge in [-0.05, 0) is 18.8 Å². The number of halogens is 1. The molecule has 0 aliphatic carbocycles. The van der Waals surface area contributed by atoms with E-state index in [4.69, 9.17) is 5.73 Å². The van der Waals surface area contributed by atoms with Crippen molar-refractivity contribution in [1.82, 2.24) is 10.2 Å². The van der Waals surface area contributed by atoms with Crippen molar-refractivity contribution in [2.75, 3.05) is 13.1 Å². The molecule has 5 nitrogen and oxygen atoms in total. The van der Waals surface area contributed by atoms with E-state index in [1.807, 2.05) is 13.8 Å². The summed E-state index contributed by atoms with van der Waals surface area (Å²) in [6.07, 6.45) is 4.46. The molecular formula is C15H30ClN3O2. The lowest BCUT2D eigenvalue weighted by Crippen LogP contribution is -2.53. The number of carbonyl (C=O) groups excluding carboxylic acids is 2. The second-order valence-corrected chi connectivity index (χ2v) is 5.96. The summed E-state index contributed by atoms with van der Waals surface area (Å²) in [5, 5.41) is 3.02. The fourth-order valence-corrected chi connectivity index (χ4v) is 2.75. The number of hydrogen-bond acceptors (Lipinski definition) is 3. The number of nitrogens with one attached hydrogen (secondary N) is 1. The number of amides is 2. The van der Waals surface area contributed by atoms with Gasteiger partial charge in [-0.3, -0.25) is 9.59 Å². The molecule has 1 aliphatic heterocycles. The summed E-state index contributed by atoms with van der Waals surface area (Å²) in [4.78, 5) is 26.1. The molecule has 0 aromatic heterocycles. The molecule has 0 aromatic carbocycles. The number of hydrogen-bond donors (Lipinski definition) is 2. The van der Waals surface area contributed by atoms with Gasteiger partial charge in [0, 0.05) is 25.6 Å². The van der Waals surface area contributed by atoms with E-state index in [9.17, 15) is 9.59 Å². The minimum atomic E-state index is -0.360. The van der Waals surface area contributed by atoms with Crippen LogP contribution in [0.5, 0.6) is 0 Å². The van der Waals surface area contributed by atoms with Crippen molar-refractivity contribution in [2.24, 2.45) is 11.7 Å². The van der Waals surface area contributed by atoms with Crippen molar-refractivity contribution in [1.29, 1.82) is 0 Å². The van der Waals surface area contributed by atoms with Gasteiger partial charge >= 0.3 is 0 Å². The summed E-state index contributed by atoms with van der Waals surface area (Å²) in [5.74, 6) is 0.153. The summed E-state index contributed by atoms with van der Waals surface area (Å²) < 4.78 is 0. The Bertz CT molecular complexity index is 337. The molecule has 0 radical (unpaired) electrons. The number of carbonyl (C=O) groups is 2. The summed E-state index contributed by atoms with van der Waals surface area (Å²) >= 11 is 0. The van der Waals surface area contributed by atoms with E-state index in [-0.39, 0.29) is 42.2 Å². The Balaban J connectivity index is 0.00000400. The number of unbranched alkanes of at least 4 members (excludes halogenated alkanes) is 1. The molecule has 1 fully saturated rings. The van der Waals surface area contributed by atoms with Gasteiger partial charge in [0.1, 0.15) is 6.04 Å². The summed E-state index contributed by atoms with van der Waals surface area (Å²) in [5.41, 5.74) is 5.72. The van der Waals surface area contributed by atoms with Gasteiger partial charge in [-0.25, -0.2) is 0 Å². The van der Waals surface area contributed by atoms with Crippen LogP contribution in [0.1, 0.15) is 52.9 Å². The van der Waals surface area contributed by atoms with Crippen molar-refractivity contribution in [3.05, 3.63) is 0 Å². The van der Waals surface area contributed by atoms with Crippen LogP contribution in [0.3, 0.4) is 0 Å². The number of nitrogens with zero attached hydrogens (tertiary/aromatic N) is 1. The Morgan fingerprint density at radius 2 is 2.10 bits per heavy atom. The first-order valence-electron chi connectivity index (χ1n) is 7.81. The lowest BCUT2D eigenvalue weighted by atomic mass is 10.0. The molecule has 1 heterocycles. The molecule has 21 heavy (non-hydrogen) atoms. The number of rotatable bonds is 8. The standard InChI is InChI=1S/C15H29N3O2.ClH/c1-4-5-7-12(10-16)17-15(20)14(11(2)3)18-9-6-8-13(18)19;/h11-12,14H,4-10,16H2,1-3H3,(H,17,20);1H. The van der Waals surface area contributed by atoms with E-state index in [1.54, 1.807) is 4.90 Å². The molecule has 0 saturated carbocycles. The lowest BCUT2D eigenvalue weighted by molar-refractivity contribution is -0.139. The van der Waals surface area contributed by atoms with Crippen LogP contribution < -0.4 is 11.1 Å². The summed E-state index contributed by atoms with van der Waals surface area (Å²) in [6, 6.07) is -0.345. The molecule has 1 saturated heterocycles. The van der Waals surface area contributed by atoms with Crippen LogP contribution in [0, 0.1) is 5.92 Å². The molecule has 124 valence electrons. The third-order valence-corrected chi connectivity index (χ3v) is 3.88. The smallest absolute Gasteiger partial charge is 0.243 e. The lowest BCUT2D eigenvalue weighted by Gasteiger charge is -2.31. The summed E-state index contributed by atoms with van der Waals surface area (Å²) in [7, 11) is 0. The SMILES string of the molecule is CCCCC(CN)NC(=O)C(C(C)C)N1CCCC1=O.Cl. The van der Waals surface area contributed by atoms with Crippen LogP contribution in [-0.2, 0) is 9.59 Å². The zero-order valence-corrected chi connectivity index (χ0v) is 14.2. The highest BCUT2D eigenvalue weighted by atomic mass is 35.5. The molecule has 1 rings (SSSR count). The zero-order valence-electron chi connectivity index (χ0n) is 13.4. The fourth-order valence-electron chi connectivity index (χ4n) is 2.75. The predicted octanol–water partition coefficient (Wildman–Crippen LogP) is 1.69. The van der Waals surface area contributed by atoms with Crippen molar-refractivity contribution in [3.8, 4) is 0 Å². The van der Waals surface area contributed by atoms with E-state index < -0.39 is 0 Å². The first-order chi connectivity index (χ1) is 9.51. The highest BCUT2D eigenvalue weighted by molar-refractivity contribution is 5.89. The number of likely N-dealkylation sites (tertiary alicyclic amines) is 1. The van der Waals surface area contributed by atoms with Gasteiger partial charge in [-0.15, -0.1) is 12.4 Å². The van der Waals surface area contributed by atoms with E-state index in [0.717, 1.165) is 25.7 Å². The van der Waals surface area contributed by atoms with Gasteiger partial charge in [-0.1, -0.05) is 33.6 Å². The maximum absolute atomic E-state index is 12.5. The Kier molecular flexibility index (Phi) is 9.62. The quantitative estimate of drug-likeness (QED) is 0.715. The van der Waals surface area contributed by atoms with Crippen LogP contribution in [0.4, 0.5) is 0 Å². The molecule has 0 aromatic rings. The molecule has 0 spiro atoms. The molecule has 2 unspecified atom stereocenters. The minimum absolute atomic E-state index is 0. The van der Waals surface area contributed by atoms with E-state index in [1.165, 1.54) is 0 Å². The Hall–Kier alpha value is -0.810. The third-order valence-electron chi connectivity index (χ3n) is 3.88. The van der Waals surface area contributed by atoms with E-state index >= 15 is 0 Å². The van der Waals surface area contributed by atoms with Crippen LogP contribution >= 0.6 is 12.4 Å².